The molecule has 2 fully saturated rings. The summed E-state index contributed by atoms with van der Waals surface area (Å²) in [6, 6.07) is 22.1. The number of ether oxygens (including phenoxy) is 3. The molecule has 2 atom stereocenters. The molecule has 13 heteroatoms. The van der Waals surface area contributed by atoms with Crippen molar-refractivity contribution in [3.05, 3.63) is 95.0 Å². The van der Waals surface area contributed by atoms with Crippen LogP contribution in [0.4, 0.5) is 17.1 Å². The van der Waals surface area contributed by atoms with Crippen molar-refractivity contribution in [2.24, 2.45) is 4.99 Å². The zero-order valence-corrected chi connectivity index (χ0v) is 27.1. The Morgan fingerprint density at radius 2 is 1.65 bits per heavy atom. The monoisotopic (exact) mass is 662 g/mol. The summed E-state index contributed by atoms with van der Waals surface area (Å²) in [6.45, 7) is 6.52. The summed E-state index contributed by atoms with van der Waals surface area (Å²) in [7, 11) is 2.06. The Kier molecular flexibility index (Phi) is 8.90. The van der Waals surface area contributed by atoms with Crippen LogP contribution in [0.2, 0.25) is 10.0 Å². The molecule has 0 spiro atoms. The van der Waals surface area contributed by atoms with E-state index in [-0.39, 0.29) is 12.6 Å². The van der Waals surface area contributed by atoms with E-state index in [2.05, 4.69) is 78.5 Å². The first kappa shape index (κ1) is 30.6. The second-order valence-corrected chi connectivity index (χ2v) is 12.4. The van der Waals surface area contributed by atoms with Gasteiger partial charge in [0.15, 0.2) is 5.96 Å². The number of benzene rings is 3. The highest BCUT2D eigenvalue weighted by Crippen LogP contribution is 2.40. The summed E-state index contributed by atoms with van der Waals surface area (Å²) in [5, 5.41) is 8.64. The van der Waals surface area contributed by atoms with Crippen molar-refractivity contribution in [2.45, 2.75) is 18.4 Å². The minimum Gasteiger partial charge on any atom is -0.491 e. The van der Waals surface area contributed by atoms with Crippen molar-refractivity contribution >= 4 is 46.2 Å². The van der Waals surface area contributed by atoms with Crippen LogP contribution in [0.1, 0.15) is 5.56 Å². The van der Waals surface area contributed by atoms with Gasteiger partial charge < -0.3 is 34.2 Å². The largest absolute Gasteiger partial charge is 0.491 e. The Morgan fingerprint density at radius 3 is 2.28 bits per heavy atom. The molecule has 0 bridgehead atoms. The third-order valence-electron chi connectivity index (χ3n) is 8.50. The van der Waals surface area contributed by atoms with Crippen molar-refractivity contribution in [3.8, 4) is 5.75 Å². The highest BCUT2D eigenvalue weighted by molar-refractivity contribution is 6.35. The standard InChI is InChI=1S/C33H36Cl2N8O3/c1-40-13-12-37-32(40)39-25-3-5-26(6-4-25)41-14-16-42(17-15-41)27-7-9-28(10-8-27)44-19-29-20-45-33(46-29,21-43-23-36-22-38-43)30-11-2-24(34)18-31(30)35/h2-11,18,22-23,29H,12-17,19-21H2,1H3,(H,37,39). The summed E-state index contributed by atoms with van der Waals surface area (Å²) < 4.78 is 20.5. The highest BCUT2D eigenvalue weighted by atomic mass is 35.5. The number of rotatable bonds is 9. The van der Waals surface area contributed by atoms with E-state index in [0.717, 1.165) is 56.7 Å². The Labute approximate surface area is 278 Å². The molecular formula is C33H36Cl2N8O3. The third-order valence-corrected chi connectivity index (χ3v) is 9.05. The van der Waals surface area contributed by atoms with Crippen molar-refractivity contribution in [1.82, 2.24) is 19.7 Å². The van der Waals surface area contributed by atoms with Gasteiger partial charge >= 0.3 is 0 Å². The van der Waals surface area contributed by atoms with Gasteiger partial charge in [-0.3, -0.25) is 4.99 Å². The summed E-state index contributed by atoms with van der Waals surface area (Å²) in [5.74, 6) is 0.558. The van der Waals surface area contributed by atoms with Gasteiger partial charge in [0, 0.05) is 67.4 Å². The predicted molar refractivity (Wildman–Crippen MR) is 180 cm³/mol. The van der Waals surface area contributed by atoms with Gasteiger partial charge in [-0.05, 0) is 60.7 Å². The maximum absolute atomic E-state index is 6.58. The molecule has 3 aliphatic rings. The number of anilines is 3. The van der Waals surface area contributed by atoms with Crippen LogP contribution in [0.25, 0.3) is 0 Å². The molecule has 4 aromatic rings. The van der Waals surface area contributed by atoms with E-state index in [9.17, 15) is 0 Å². The predicted octanol–water partition coefficient (Wildman–Crippen LogP) is 4.97. The smallest absolute Gasteiger partial charge is 0.217 e. The number of nitrogens with one attached hydrogen (secondary N) is 1. The van der Waals surface area contributed by atoms with Gasteiger partial charge in [0.1, 0.15) is 37.7 Å². The van der Waals surface area contributed by atoms with Gasteiger partial charge in [-0.1, -0.05) is 29.3 Å². The molecular weight excluding hydrogens is 627 g/mol. The Bertz CT molecular complexity index is 1650. The number of hydrogen-bond acceptors (Lipinski definition) is 10. The molecule has 3 aliphatic heterocycles. The first-order valence-electron chi connectivity index (χ1n) is 15.4. The molecule has 2 unspecified atom stereocenters. The number of aromatic nitrogens is 3. The molecule has 0 radical (unpaired) electrons. The normalized spacial score (nSPS) is 21.5. The number of aliphatic imine (C=N–C) groups is 1. The van der Waals surface area contributed by atoms with Crippen LogP contribution < -0.4 is 19.9 Å². The zero-order valence-electron chi connectivity index (χ0n) is 25.6. The number of likely N-dealkylation sites (N-methyl/N-ethyl adjacent to an activating group) is 1. The number of piperazine rings is 1. The third kappa shape index (κ3) is 6.73. The summed E-state index contributed by atoms with van der Waals surface area (Å²) in [6.07, 6.45) is 2.77. The molecule has 4 heterocycles. The second-order valence-electron chi connectivity index (χ2n) is 11.6. The lowest BCUT2D eigenvalue weighted by molar-refractivity contribution is -0.190. The first-order chi connectivity index (χ1) is 22.4. The molecule has 46 heavy (non-hydrogen) atoms. The SMILES string of the molecule is CN1CCN=C1Nc1ccc(N2CCN(c3ccc(OCC4COC(Cn5cncn5)(c5ccc(Cl)cc5Cl)O4)cc3)CC2)cc1. The number of nitrogens with zero attached hydrogens (tertiary/aromatic N) is 7. The molecule has 11 nitrogen and oxygen atoms in total. The van der Waals surface area contributed by atoms with Crippen LogP contribution in [0.3, 0.4) is 0 Å². The fourth-order valence-electron chi connectivity index (χ4n) is 6.00. The van der Waals surface area contributed by atoms with E-state index in [1.807, 2.05) is 18.2 Å². The lowest BCUT2D eigenvalue weighted by atomic mass is 10.1. The maximum Gasteiger partial charge on any atom is 0.217 e. The van der Waals surface area contributed by atoms with Crippen LogP contribution in [-0.2, 0) is 21.8 Å². The summed E-state index contributed by atoms with van der Waals surface area (Å²) in [5.41, 5.74) is 4.15. The Hall–Kier alpha value is -4.03. The van der Waals surface area contributed by atoms with Crippen molar-refractivity contribution in [1.29, 1.82) is 0 Å². The van der Waals surface area contributed by atoms with Crippen molar-refractivity contribution < 1.29 is 14.2 Å². The van der Waals surface area contributed by atoms with Gasteiger partial charge in [0.2, 0.25) is 5.79 Å². The lowest BCUT2D eigenvalue weighted by Crippen LogP contribution is -2.46. The fraction of sp³-hybridized carbons (Fsp3) is 0.364. The number of guanidine groups is 1. The Morgan fingerprint density at radius 1 is 0.935 bits per heavy atom. The molecule has 2 saturated heterocycles. The van der Waals surface area contributed by atoms with Gasteiger partial charge in [0.25, 0.3) is 0 Å². The van der Waals surface area contributed by atoms with Crippen LogP contribution >= 0.6 is 23.2 Å². The summed E-state index contributed by atoms with van der Waals surface area (Å²) in [4.78, 5) is 15.5. The number of hydrogen-bond donors (Lipinski definition) is 1. The van der Waals surface area contributed by atoms with Crippen LogP contribution in [0.15, 0.2) is 84.4 Å². The van der Waals surface area contributed by atoms with Gasteiger partial charge in [-0.2, -0.15) is 5.10 Å². The van der Waals surface area contributed by atoms with Crippen molar-refractivity contribution in [3.63, 3.8) is 0 Å². The van der Waals surface area contributed by atoms with E-state index in [1.54, 1.807) is 23.1 Å². The van der Waals surface area contributed by atoms with Crippen LogP contribution in [0.5, 0.6) is 5.75 Å². The van der Waals surface area contributed by atoms with E-state index in [4.69, 9.17) is 37.4 Å². The quantitative estimate of drug-likeness (QED) is 0.267. The molecule has 0 aliphatic carbocycles. The molecule has 3 aromatic carbocycles. The maximum atomic E-state index is 6.58. The topological polar surface area (TPSA) is 92.5 Å². The summed E-state index contributed by atoms with van der Waals surface area (Å²) >= 11 is 12.7. The lowest BCUT2D eigenvalue weighted by Gasteiger charge is -2.37. The van der Waals surface area contributed by atoms with Crippen molar-refractivity contribution in [2.75, 3.05) is 74.6 Å². The fourth-order valence-corrected chi connectivity index (χ4v) is 6.55. The van der Waals surface area contributed by atoms with Gasteiger partial charge in [0.05, 0.1) is 18.2 Å². The zero-order chi connectivity index (χ0) is 31.5. The highest BCUT2D eigenvalue weighted by Gasteiger charge is 2.45. The van der Waals surface area contributed by atoms with Gasteiger partial charge in [-0.15, -0.1) is 0 Å². The van der Waals surface area contributed by atoms with Crippen LogP contribution in [-0.4, -0.2) is 91.3 Å². The minimum atomic E-state index is -1.14. The molecule has 0 amide bonds. The van der Waals surface area contributed by atoms with E-state index in [0.29, 0.717) is 28.8 Å². The average Bonchev–Trinajstić information content (AvgIpc) is 3.84. The molecule has 7 rings (SSSR count). The number of halogens is 2. The van der Waals surface area contributed by atoms with E-state index in [1.165, 1.54) is 17.7 Å². The van der Waals surface area contributed by atoms with E-state index >= 15 is 0 Å². The molecule has 1 N–H and O–H groups in total. The second kappa shape index (κ2) is 13.4. The molecule has 240 valence electrons. The molecule has 1 aromatic heterocycles. The minimum absolute atomic E-state index is 0.281. The van der Waals surface area contributed by atoms with Gasteiger partial charge in [-0.25, -0.2) is 9.67 Å². The Balaban J connectivity index is 0.914. The molecule has 0 saturated carbocycles. The average molecular weight is 664 g/mol. The van der Waals surface area contributed by atoms with E-state index < -0.39 is 5.79 Å². The first-order valence-corrected chi connectivity index (χ1v) is 16.1. The van der Waals surface area contributed by atoms with Crippen LogP contribution in [0, 0.1) is 0 Å².